The molecule has 1 heterocycles. The van der Waals surface area contributed by atoms with E-state index in [1.165, 1.54) is 0 Å². The van der Waals surface area contributed by atoms with Crippen molar-refractivity contribution in [3.8, 4) is 5.75 Å². The number of carbonyl (C=O) groups excluding carboxylic acids is 1. The van der Waals surface area contributed by atoms with Crippen molar-refractivity contribution in [1.29, 1.82) is 0 Å². The Morgan fingerprint density at radius 3 is 2.65 bits per heavy atom. The molecule has 6 nitrogen and oxygen atoms in total. The summed E-state index contributed by atoms with van der Waals surface area (Å²) in [6.07, 6.45) is 0. The van der Waals surface area contributed by atoms with Crippen molar-refractivity contribution < 1.29 is 9.53 Å². The van der Waals surface area contributed by atoms with Crippen LogP contribution in [0, 0.1) is 20.8 Å². The highest BCUT2D eigenvalue weighted by Gasteiger charge is 2.09. The molecule has 6 heteroatoms. The number of amides is 1. The molecular formula is C17H22N4O2. The third-order valence-electron chi connectivity index (χ3n) is 3.49. The maximum Gasteiger partial charge on any atom is 0.261 e. The van der Waals surface area contributed by atoms with Gasteiger partial charge in [0.1, 0.15) is 12.3 Å². The third kappa shape index (κ3) is 4.18. The lowest BCUT2D eigenvalue weighted by Gasteiger charge is -2.09. The highest BCUT2D eigenvalue weighted by atomic mass is 16.5. The number of benzene rings is 1. The van der Waals surface area contributed by atoms with Crippen LogP contribution in [0.5, 0.6) is 5.75 Å². The van der Waals surface area contributed by atoms with Crippen molar-refractivity contribution in [2.75, 3.05) is 7.11 Å². The van der Waals surface area contributed by atoms with Gasteiger partial charge in [0.25, 0.3) is 5.91 Å². The topological polar surface area (TPSA) is 68.5 Å². The molecule has 1 amide bonds. The predicted octanol–water partition coefficient (Wildman–Crippen LogP) is 2.36. The van der Waals surface area contributed by atoms with Gasteiger partial charge >= 0.3 is 0 Å². The molecule has 23 heavy (non-hydrogen) atoms. The van der Waals surface area contributed by atoms with Gasteiger partial charge in [-0.3, -0.25) is 9.48 Å². The van der Waals surface area contributed by atoms with Crippen LogP contribution < -0.4 is 10.2 Å². The number of hydrogen-bond donors (Lipinski definition) is 1. The Morgan fingerprint density at radius 2 is 2.04 bits per heavy atom. The van der Waals surface area contributed by atoms with Crippen LogP contribution in [0.2, 0.25) is 0 Å². The van der Waals surface area contributed by atoms with E-state index in [2.05, 4.69) is 15.6 Å². The Balaban J connectivity index is 2.08. The minimum Gasteiger partial charge on any atom is -0.496 e. The SMILES string of the molecule is COc1ccc(C)cc1/C(C)=N\NC(=O)Cn1nc(C)cc1C. The Morgan fingerprint density at radius 1 is 1.30 bits per heavy atom. The zero-order valence-corrected chi connectivity index (χ0v) is 14.2. The number of nitrogens with zero attached hydrogens (tertiary/aromatic N) is 3. The first-order chi connectivity index (χ1) is 10.9. The predicted molar refractivity (Wildman–Crippen MR) is 89.8 cm³/mol. The summed E-state index contributed by atoms with van der Waals surface area (Å²) < 4.78 is 6.99. The quantitative estimate of drug-likeness (QED) is 0.680. The van der Waals surface area contributed by atoms with Crippen LogP contribution >= 0.6 is 0 Å². The number of methoxy groups -OCH3 is 1. The maximum absolute atomic E-state index is 12.0. The van der Waals surface area contributed by atoms with Gasteiger partial charge in [-0.05, 0) is 45.9 Å². The second kappa shape index (κ2) is 7.09. The molecule has 0 unspecified atom stereocenters. The van der Waals surface area contributed by atoms with Crippen LogP contribution in [0.1, 0.15) is 29.4 Å². The number of nitrogens with one attached hydrogen (secondary N) is 1. The van der Waals surface area contributed by atoms with E-state index in [0.29, 0.717) is 5.71 Å². The first-order valence-electron chi connectivity index (χ1n) is 7.40. The average Bonchev–Trinajstić information content (AvgIpc) is 2.82. The molecule has 1 aromatic carbocycles. The van der Waals surface area contributed by atoms with Gasteiger partial charge in [0, 0.05) is 11.3 Å². The molecule has 122 valence electrons. The van der Waals surface area contributed by atoms with Crippen molar-refractivity contribution >= 4 is 11.6 Å². The van der Waals surface area contributed by atoms with E-state index in [0.717, 1.165) is 28.3 Å². The van der Waals surface area contributed by atoms with Crippen LogP contribution in [-0.4, -0.2) is 28.5 Å². The maximum atomic E-state index is 12.0. The molecule has 0 fully saturated rings. The summed E-state index contributed by atoms with van der Waals surface area (Å²) in [6, 6.07) is 7.77. The summed E-state index contributed by atoms with van der Waals surface area (Å²) in [5.41, 5.74) is 7.05. The van der Waals surface area contributed by atoms with Gasteiger partial charge in [0.2, 0.25) is 0 Å². The normalized spacial score (nSPS) is 11.4. The lowest BCUT2D eigenvalue weighted by atomic mass is 10.1. The molecule has 1 N–H and O–H groups in total. The van der Waals surface area contributed by atoms with Gasteiger partial charge in [-0.1, -0.05) is 11.6 Å². The van der Waals surface area contributed by atoms with Gasteiger partial charge in [-0.25, -0.2) is 5.43 Å². The monoisotopic (exact) mass is 314 g/mol. The molecule has 0 aliphatic carbocycles. The smallest absolute Gasteiger partial charge is 0.261 e. The zero-order valence-electron chi connectivity index (χ0n) is 14.2. The molecular weight excluding hydrogens is 292 g/mol. The number of aromatic nitrogens is 2. The number of hydrogen-bond acceptors (Lipinski definition) is 4. The van der Waals surface area contributed by atoms with E-state index in [-0.39, 0.29) is 12.5 Å². The Labute approximate surface area is 136 Å². The molecule has 0 aliphatic rings. The second-order valence-corrected chi connectivity index (χ2v) is 5.52. The number of aryl methyl sites for hydroxylation is 3. The first kappa shape index (κ1) is 16.7. The fraction of sp³-hybridized carbons (Fsp3) is 0.353. The molecule has 1 aromatic heterocycles. The fourth-order valence-electron chi connectivity index (χ4n) is 2.32. The second-order valence-electron chi connectivity index (χ2n) is 5.52. The number of rotatable bonds is 5. The summed E-state index contributed by atoms with van der Waals surface area (Å²) in [5, 5.41) is 8.43. The summed E-state index contributed by atoms with van der Waals surface area (Å²) in [5.74, 6) is 0.506. The Kier molecular flexibility index (Phi) is 5.16. The molecule has 0 spiro atoms. The van der Waals surface area contributed by atoms with Crippen molar-refractivity contribution in [1.82, 2.24) is 15.2 Å². The summed E-state index contributed by atoms with van der Waals surface area (Å²) in [6.45, 7) is 7.78. The average molecular weight is 314 g/mol. The molecule has 0 radical (unpaired) electrons. The minimum atomic E-state index is -0.220. The highest BCUT2D eigenvalue weighted by molar-refractivity contribution is 6.01. The van der Waals surface area contributed by atoms with Crippen molar-refractivity contribution in [2.45, 2.75) is 34.2 Å². The molecule has 0 bridgehead atoms. The van der Waals surface area contributed by atoms with Crippen molar-refractivity contribution in [3.05, 3.63) is 46.8 Å². The Bertz CT molecular complexity index is 747. The summed E-state index contributed by atoms with van der Waals surface area (Å²) in [4.78, 5) is 12.0. The molecule has 0 saturated carbocycles. The number of hydrazone groups is 1. The highest BCUT2D eigenvalue weighted by Crippen LogP contribution is 2.20. The molecule has 2 aromatic rings. The van der Waals surface area contributed by atoms with Gasteiger partial charge in [-0.15, -0.1) is 0 Å². The summed E-state index contributed by atoms with van der Waals surface area (Å²) >= 11 is 0. The lowest BCUT2D eigenvalue weighted by molar-refractivity contribution is -0.121. The van der Waals surface area contributed by atoms with Crippen molar-refractivity contribution in [2.24, 2.45) is 5.10 Å². The number of carbonyl (C=O) groups is 1. The molecule has 0 aliphatic heterocycles. The van der Waals surface area contributed by atoms with Gasteiger partial charge < -0.3 is 4.74 Å². The van der Waals surface area contributed by atoms with Gasteiger partial charge in [0.15, 0.2) is 0 Å². The van der Waals surface area contributed by atoms with Crippen LogP contribution in [0.15, 0.2) is 29.4 Å². The van der Waals surface area contributed by atoms with E-state index in [1.807, 2.05) is 52.0 Å². The molecule has 2 rings (SSSR count). The Hall–Kier alpha value is -2.63. The van der Waals surface area contributed by atoms with E-state index in [9.17, 15) is 4.79 Å². The zero-order chi connectivity index (χ0) is 17.0. The largest absolute Gasteiger partial charge is 0.496 e. The molecule has 0 atom stereocenters. The van der Waals surface area contributed by atoms with E-state index >= 15 is 0 Å². The standard InChI is InChI=1S/C17H22N4O2/c1-11-6-7-16(23-5)15(8-11)14(4)18-19-17(22)10-21-13(3)9-12(2)20-21/h6-9H,10H2,1-5H3,(H,19,22)/b18-14-. The minimum absolute atomic E-state index is 0.140. The van der Waals surface area contributed by atoms with Crippen LogP contribution in [0.25, 0.3) is 0 Å². The van der Waals surface area contributed by atoms with E-state index in [4.69, 9.17) is 4.74 Å². The van der Waals surface area contributed by atoms with Crippen LogP contribution in [0.3, 0.4) is 0 Å². The van der Waals surface area contributed by atoms with E-state index < -0.39 is 0 Å². The van der Waals surface area contributed by atoms with Crippen LogP contribution in [-0.2, 0) is 11.3 Å². The van der Waals surface area contributed by atoms with Crippen molar-refractivity contribution in [3.63, 3.8) is 0 Å². The molecule has 0 saturated heterocycles. The van der Waals surface area contributed by atoms with Gasteiger partial charge in [0.05, 0.1) is 18.5 Å². The number of ether oxygens (including phenoxy) is 1. The lowest BCUT2D eigenvalue weighted by Crippen LogP contribution is -2.25. The van der Waals surface area contributed by atoms with E-state index in [1.54, 1.807) is 11.8 Å². The summed E-state index contributed by atoms with van der Waals surface area (Å²) in [7, 11) is 1.61. The van der Waals surface area contributed by atoms with Gasteiger partial charge in [-0.2, -0.15) is 10.2 Å². The fourth-order valence-corrected chi connectivity index (χ4v) is 2.32. The third-order valence-corrected chi connectivity index (χ3v) is 3.49. The first-order valence-corrected chi connectivity index (χ1v) is 7.40. The van der Waals surface area contributed by atoms with Crippen LogP contribution in [0.4, 0.5) is 0 Å².